The van der Waals surface area contributed by atoms with Crippen LogP contribution in [0.15, 0.2) is 0 Å². The van der Waals surface area contributed by atoms with Crippen LogP contribution in [0, 0.1) is 0 Å². The predicted molar refractivity (Wildman–Crippen MR) is 26.7 cm³/mol. The molecule has 24 valence electrons. The van der Waals surface area contributed by atoms with Gasteiger partial charge in [0.15, 0.2) is 0 Å². The van der Waals surface area contributed by atoms with Gasteiger partial charge in [-0.3, -0.25) is 0 Å². The van der Waals surface area contributed by atoms with Gasteiger partial charge in [-0.1, -0.05) is 0 Å². The average Bonchev–Trinajstić information content (AvgIpc) is 0.722. The second kappa shape index (κ2) is 1.39. The molecule has 0 unspecified atom stereocenters. The minimum absolute atomic E-state index is 0.347. The molecule has 4 heavy (non-hydrogen) atoms. The van der Waals surface area contributed by atoms with Crippen molar-refractivity contribution in [3.05, 3.63) is 0 Å². The first-order valence-corrected chi connectivity index (χ1v) is 17.3. The first-order chi connectivity index (χ1) is 2.00. The van der Waals surface area contributed by atoms with Crippen molar-refractivity contribution in [2.24, 2.45) is 0 Å². The molecule has 0 bridgehead atoms. The molecule has 1 saturated heterocycles. The standard InChI is InChI=1S/GeH6OSi2/c1-3-2-4-1/h1,3-4H2. The third kappa shape index (κ3) is 0.452. The Morgan fingerprint density at radius 1 is 1.50 bits per heavy atom. The third-order valence-electron chi connectivity index (χ3n) is 0.577. The Morgan fingerprint density at radius 3 is 1.75 bits per heavy atom. The van der Waals surface area contributed by atoms with Crippen LogP contribution in [0.5, 0.6) is 0 Å². The zero-order chi connectivity index (χ0) is 2.83. The molecule has 1 heterocycles. The topological polar surface area (TPSA) is 9.23 Å². The molecule has 0 aromatic rings. The summed E-state index contributed by atoms with van der Waals surface area (Å²) in [5.41, 5.74) is 0. The van der Waals surface area contributed by atoms with E-state index in [1.807, 2.05) is 0 Å². The Bertz CT molecular complexity index is 14.0. The summed E-state index contributed by atoms with van der Waals surface area (Å²) in [6, 6.07) is 0. The summed E-state index contributed by atoms with van der Waals surface area (Å²) in [4.78, 5) is 0. The van der Waals surface area contributed by atoms with Gasteiger partial charge in [-0.25, -0.2) is 0 Å². The van der Waals surface area contributed by atoms with Crippen molar-refractivity contribution in [3.63, 3.8) is 0 Å². The molecule has 0 aliphatic carbocycles. The summed E-state index contributed by atoms with van der Waals surface area (Å²) in [5.74, 6) is 0. The van der Waals surface area contributed by atoms with Crippen LogP contribution >= 0.6 is 0 Å². The summed E-state index contributed by atoms with van der Waals surface area (Å²) < 4.78 is 5.08. The van der Waals surface area contributed by atoms with Crippen LogP contribution in [0.1, 0.15) is 0 Å². The monoisotopic (exact) mass is 152 g/mol. The summed E-state index contributed by atoms with van der Waals surface area (Å²) in [6.07, 6.45) is 0. The van der Waals surface area contributed by atoms with E-state index in [4.69, 9.17) is 4.12 Å². The Hall–Kier alpha value is 0.937. The van der Waals surface area contributed by atoms with Gasteiger partial charge in [0.05, 0.1) is 0 Å². The molecule has 0 aromatic heterocycles. The van der Waals surface area contributed by atoms with Crippen molar-refractivity contribution in [2.45, 2.75) is 0 Å². The van der Waals surface area contributed by atoms with Crippen LogP contribution in [-0.4, -0.2) is 30.7 Å². The molecule has 1 rings (SSSR count). The van der Waals surface area contributed by atoms with Gasteiger partial charge < -0.3 is 0 Å². The quantitative estimate of drug-likeness (QED) is 0.339. The van der Waals surface area contributed by atoms with Gasteiger partial charge in [-0.2, -0.15) is 0 Å². The van der Waals surface area contributed by atoms with Crippen LogP contribution in [0.25, 0.3) is 0 Å². The molecule has 0 saturated carbocycles. The Labute approximate surface area is 35.3 Å². The van der Waals surface area contributed by atoms with Gasteiger partial charge in [0.2, 0.25) is 0 Å². The van der Waals surface area contributed by atoms with Crippen LogP contribution in [0.3, 0.4) is 0 Å². The molecule has 0 aromatic carbocycles. The Balaban J connectivity index is 2.00. The van der Waals surface area contributed by atoms with Gasteiger partial charge in [0, 0.05) is 0 Å². The summed E-state index contributed by atoms with van der Waals surface area (Å²) in [5, 5.41) is 0. The van der Waals surface area contributed by atoms with E-state index in [9.17, 15) is 0 Å². The molecule has 1 aliphatic rings. The zero-order valence-corrected chi connectivity index (χ0v) is 8.33. The van der Waals surface area contributed by atoms with E-state index in [2.05, 4.69) is 0 Å². The normalized spacial score (nSPS) is 42.0. The summed E-state index contributed by atoms with van der Waals surface area (Å²) in [7, 11) is 0.708. The van der Waals surface area contributed by atoms with Crippen LogP contribution in [0.4, 0.5) is 0 Å². The molecular weight excluding hydrogens is 145 g/mol. The molecule has 0 amide bonds. The minimum atomic E-state index is 0.347. The van der Waals surface area contributed by atoms with E-state index in [0.29, 0.717) is 30.7 Å². The van der Waals surface area contributed by atoms with Gasteiger partial charge in [0.25, 0.3) is 0 Å². The van der Waals surface area contributed by atoms with Crippen molar-refractivity contribution in [1.82, 2.24) is 0 Å². The van der Waals surface area contributed by atoms with Crippen LogP contribution in [0.2, 0.25) is 0 Å². The number of hydrogen-bond acceptors (Lipinski definition) is 1. The maximum atomic E-state index is 5.08. The first-order valence-electron chi connectivity index (χ1n) is 1.58. The van der Waals surface area contributed by atoms with Crippen LogP contribution in [-0.2, 0) is 4.12 Å². The fourth-order valence-electron chi connectivity index (χ4n) is 0.144. The fourth-order valence-corrected chi connectivity index (χ4v) is 6.75. The van der Waals surface area contributed by atoms with Gasteiger partial charge >= 0.3 is 34.8 Å². The van der Waals surface area contributed by atoms with E-state index in [-0.39, 0.29) is 0 Å². The molecule has 0 N–H and O–H groups in total. The van der Waals surface area contributed by atoms with E-state index < -0.39 is 0 Å². The molecule has 4 heteroatoms. The van der Waals surface area contributed by atoms with Crippen molar-refractivity contribution >= 4 is 30.7 Å². The van der Waals surface area contributed by atoms with Crippen molar-refractivity contribution in [1.29, 1.82) is 0 Å². The van der Waals surface area contributed by atoms with E-state index in [1.54, 1.807) is 0 Å². The van der Waals surface area contributed by atoms with Crippen molar-refractivity contribution in [2.75, 3.05) is 0 Å². The zero-order valence-electron chi connectivity index (χ0n) is 2.53. The molecule has 1 fully saturated rings. The molecule has 0 atom stereocenters. The summed E-state index contributed by atoms with van der Waals surface area (Å²) >= 11 is 0.347. The first kappa shape index (κ1) is 3.14. The molecule has 0 spiro atoms. The second-order valence-electron chi connectivity index (χ2n) is 0.966. The molecule has 0 radical (unpaired) electrons. The second-order valence-corrected chi connectivity index (χ2v) is 24.7. The predicted octanol–water partition coefficient (Wildman–Crippen LogP) is -2.82. The molecular formula is H6GeOSi2. The third-order valence-corrected chi connectivity index (χ3v) is 27.0. The average molecular weight is 151 g/mol. The fraction of sp³-hybridized carbons (Fsp3) is 0. The van der Waals surface area contributed by atoms with Gasteiger partial charge in [0.1, 0.15) is 0 Å². The van der Waals surface area contributed by atoms with Crippen molar-refractivity contribution < 1.29 is 4.12 Å². The Morgan fingerprint density at radius 2 is 1.75 bits per heavy atom. The van der Waals surface area contributed by atoms with Crippen LogP contribution < -0.4 is 0 Å². The molecule has 1 aliphatic heterocycles. The number of rotatable bonds is 0. The number of hydrogen-bond donors (Lipinski definition) is 0. The van der Waals surface area contributed by atoms with E-state index in [1.165, 1.54) is 0 Å². The SMILES string of the molecule is O1[SiH2][GeH2][SiH2]1. The van der Waals surface area contributed by atoms with Gasteiger partial charge in [-0.15, -0.1) is 0 Å². The maximum absolute atomic E-state index is 5.08. The molecule has 1 nitrogen and oxygen atoms in total. The van der Waals surface area contributed by atoms with Gasteiger partial charge in [-0.05, 0) is 0 Å². The van der Waals surface area contributed by atoms with Crippen molar-refractivity contribution in [3.8, 4) is 0 Å². The summed E-state index contributed by atoms with van der Waals surface area (Å²) in [6.45, 7) is 0. The van der Waals surface area contributed by atoms with E-state index >= 15 is 0 Å². The van der Waals surface area contributed by atoms with E-state index in [0.717, 1.165) is 0 Å². The Kier molecular flexibility index (Phi) is 1.09.